The molecular weight excluding hydrogens is 374 g/mol. The number of amides is 1. The Labute approximate surface area is 178 Å². The molecule has 158 valence electrons. The van der Waals surface area contributed by atoms with E-state index >= 15 is 0 Å². The molecule has 6 nitrogen and oxygen atoms in total. The zero-order valence-corrected chi connectivity index (χ0v) is 17.8. The lowest BCUT2D eigenvalue weighted by Gasteiger charge is -2.17. The van der Waals surface area contributed by atoms with Crippen molar-refractivity contribution in [3.05, 3.63) is 60.8 Å². The van der Waals surface area contributed by atoms with E-state index in [-0.39, 0.29) is 12.5 Å². The van der Waals surface area contributed by atoms with Gasteiger partial charge in [0, 0.05) is 23.4 Å². The second-order valence-electron chi connectivity index (χ2n) is 7.28. The van der Waals surface area contributed by atoms with E-state index in [9.17, 15) is 4.79 Å². The van der Waals surface area contributed by atoms with Crippen LogP contribution < -0.4 is 11.1 Å². The summed E-state index contributed by atoms with van der Waals surface area (Å²) in [5.41, 5.74) is 10.5. The molecule has 0 unspecified atom stereocenters. The van der Waals surface area contributed by atoms with Gasteiger partial charge < -0.3 is 16.0 Å². The van der Waals surface area contributed by atoms with Crippen molar-refractivity contribution in [2.75, 3.05) is 31.9 Å². The van der Waals surface area contributed by atoms with E-state index < -0.39 is 0 Å². The topological polar surface area (TPSA) is 76.2 Å². The molecule has 0 atom stereocenters. The Morgan fingerprint density at radius 3 is 2.40 bits per heavy atom. The number of carbonyl (C=O) groups is 1. The van der Waals surface area contributed by atoms with E-state index in [4.69, 9.17) is 5.73 Å². The zero-order chi connectivity index (χ0) is 21.3. The van der Waals surface area contributed by atoms with E-state index in [2.05, 4.69) is 29.2 Å². The molecule has 6 heteroatoms. The fourth-order valence-corrected chi connectivity index (χ4v) is 3.54. The molecule has 0 fully saturated rings. The van der Waals surface area contributed by atoms with Crippen molar-refractivity contribution in [3.63, 3.8) is 0 Å². The van der Waals surface area contributed by atoms with Crippen molar-refractivity contribution in [1.82, 2.24) is 20.0 Å². The SMILES string of the molecule is CCN(CC)CCCNC(=O)Cn1ncc(-c2ccc(N)cc2)c1-c1ccccc1. The fourth-order valence-electron chi connectivity index (χ4n) is 3.54. The Balaban J connectivity index is 1.75. The number of nitrogens with two attached hydrogens (primary N) is 1. The summed E-state index contributed by atoms with van der Waals surface area (Å²) in [6, 6.07) is 17.8. The van der Waals surface area contributed by atoms with E-state index in [1.807, 2.05) is 60.8 Å². The standard InChI is InChI=1S/C24H31N5O/c1-3-28(4-2)16-8-15-26-23(30)18-29-24(20-9-6-5-7-10-20)22(17-27-29)19-11-13-21(25)14-12-19/h5-7,9-14,17H,3-4,8,15-16,18,25H2,1-2H3,(H,26,30). The van der Waals surface area contributed by atoms with Crippen LogP contribution >= 0.6 is 0 Å². The molecule has 0 saturated heterocycles. The maximum atomic E-state index is 12.6. The smallest absolute Gasteiger partial charge is 0.241 e. The summed E-state index contributed by atoms with van der Waals surface area (Å²) in [5, 5.41) is 7.56. The Morgan fingerprint density at radius 1 is 1.03 bits per heavy atom. The van der Waals surface area contributed by atoms with E-state index in [1.54, 1.807) is 4.68 Å². The van der Waals surface area contributed by atoms with E-state index in [0.29, 0.717) is 6.54 Å². The summed E-state index contributed by atoms with van der Waals surface area (Å²) in [6.07, 6.45) is 2.76. The number of anilines is 1. The van der Waals surface area contributed by atoms with Crippen molar-refractivity contribution in [3.8, 4) is 22.4 Å². The van der Waals surface area contributed by atoms with Crippen molar-refractivity contribution in [2.45, 2.75) is 26.8 Å². The quantitative estimate of drug-likeness (QED) is 0.399. The van der Waals surface area contributed by atoms with Crippen molar-refractivity contribution < 1.29 is 4.79 Å². The predicted octanol–water partition coefficient (Wildman–Crippen LogP) is 3.65. The molecule has 2 aromatic carbocycles. The summed E-state index contributed by atoms with van der Waals surface area (Å²) in [4.78, 5) is 14.9. The number of hydrogen-bond donors (Lipinski definition) is 2. The number of nitrogen functional groups attached to an aromatic ring is 1. The zero-order valence-electron chi connectivity index (χ0n) is 17.8. The summed E-state index contributed by atoms with van der Waals surface area (Å²) < 4.78 is 1.78. The largest absolute Gasteiger partial charge is 0.399 e. The number of benzene rings is 2. The molecule has 0 bridgehead atoms. The lowest BCUT2D eigenvalue weighted by Crippen LogP contribution is -2.32. The minimum atomic E-state index is -0.0290. The molecule has 1 aromatic heterocycles. The molecule has 0 saturated carbocycles. The highest BCUT2D eigenvalue weighted by molar-refractivity contribution is 5.83. The first-order valence-electron chi connectivity index (χ1n) is 10.6. The van der Waals surface area contributed by atoms with Gasteiger partial charge in [0.1, 0.15) is 6.54 Å². The molecule has 0 spiro atoms. The highest BCUT2D eigenvalue weighted by Gasteiger charge is 2.16. The monoisotopic (exact) mass is 405 g/mol. The molecule has 3 aromatic rings. The molecule has 0 aliphatic heterocycles. The van der Waals surface area contributed by atoms with Gasteiger partial charge in [-0.15, -0.1) is 0 Å². The van der Waals surface area contributed by atoms with Crippen LogP contribution in [0.15, 0.2) is 60.8 Å². The summed E-state index contributed by atoms with van der Waals surface area (Å²) >= 11 is 0. The average Bonchev–Trinajstić information content (AvgIpc) is 3.18. The van der Waals surface area contributed by atoms with E-state index in [1.165, 1.54) is 0 Å². The number of nitrogens with zero attached hydrogens (tertiary/aromatic N) is 3. The van der Waals surface area contributed by atoms with Crippen LogP contribution in [0.4, 0.5) is 5.69 Å². The van der Waals surface area contributed by atoms with Gasteiger partial charge in [-0.25, -0.2) is 0 Å². The summed E-state index contributed by atoms with van der Waals surface area (Å²) in [5.74, 6) is -0.0290. The van der Waals surface area contributed by atoms with Gasteiger partial charge in [0.25, 0.3) is 0 Å². The minimum Gasteiger partial charge on any atom is -0.399 e. The number of hydrogen-bond acceptors (Lipinski definition) is 4. The molecule has 0 aliphatic rings. The highest BCUT2D eigenvalue weighted by Crippen LogP contribution is 2.32. The van der Waals surface area contributed by atoms with Gasteiger partial charge in [-0.1, -0.05) is 56.3 Å². The van der Waals surface area contributed by atoms with Gasteiger partial charge in [0.2, 0.25) is 5.91 Å². The lowest BCUT2D eigenvalue weighted by atomic mass is 10.0. The normalized spacial score (nSPS) is 11.0. The van der Waals surface area contributed by atoms with Crippen LogP contribution in [0.3, 0.4) is 0 Å². The molecule has 0 aliphatic carbocycles. The third kappa shape index (κ3) is 5.48. The van der Waals surface area contributed by atoms with Crippen LogP contribution in [-0.4, -0.2) is 46.8 Å². The van der Waals surface area contributed by atoms with Gasteiger partial charge in [0.05, 0.1) is 11.9 Å². The van der Waals surface area contributed by atoms with Gasteiger partial charge in [-0.3, -0.25) is 9.48 Å². The van der Waals surface area contributed by atoms with Gasteiger partial charge in [-0.05, 0) is 43.8 Å². The second-order valence-corrected chi connectivity index (χ2v) is 7.28. The lowest BCUT2D eigenvalue weighted by molar-refractivity contribution is -0.121. The van der Waals surface area contributed by atoms with Crippen LogP contribution in [0.1, 0.15) is 20.3 Å². The molecule has 1 heterocycles. The second kappa shape index (κ2) is 10.6. The third-order valence-corrected chi connectivity index (χ3v) is 5.27. The molecule has 3 N–H and O–H groups in total. The molecule has 3 rings (SSSR count). The van der Waals surface area contributed by atoms with Crippen LogP contribution in [0.5, 0.6) is 0 Å². The number of nitrogens with one attached hydrogen (secondary N) is 1. The van der Waals surface area contributed by atoms with Crippen molar-refractivity contribution >= 4 is 11.6 Å². The minimum absolute atomic E-state index is 0.0290. The Kier molecular flexibility index (Phi) is 7.63. The first-order chi connectivity index (χ1) is 14.6. The average molecular weight is 406 g/mol. The van der Waals surface area contributed by atoms with Crippen LogP contribution in [0.2, 0.25) is 0 Å². The molecule has 0 radical (unpaired) electrons. The van der Waals surface area contributed by atoms with Gasteiger partial charge in [0.15, 0.2) is 0 Å². The molecule has 1 amide bonds. The van der Waals surface area contributed by atoms with Crippen molar-refractivity contribution in [1.29, 1.82) is 0 Å². The van der Waals surface area contributed by atoms with Crippen molar-refractivity contribution in [2.24, 2.45) is 0 Å². The number of rotatable bonds is 10. The number of aromatic nitrogens is 2. The van der Waals surface area contributed by atoms with Crippen LogP contribution in [0.25, 0.3) is 22.4 Å². The predicted molar refractivity (Wildman–Crippen MR) is 123 cm³/mol. The van der Waals surface area contributed by atoms with E-state index in [0.717, 1.165) is 54.1 Å². The highest BCUT2D eigenvalue weighted by atomic mass is 16.2. The Morgan fingerprint density at radius 2 is 1.73 bits per heavy atom. The van der Waals surface area contributed by atoms with Gasteiger partial charge >= 0.3 is 0 Å². The molecular formula is C24H31N5O. The third-order valence-electron chi connectivity index (χ3n) is 5.27. The first-order valence-corrected chi connectivity index (χ1v) is 10.6. The van der Waals surface area contributed by atoms with Crippen LogP contribution in [0, 0.1) is 0 Å². The Bertz CT molecular complexity index is 930. The fraction of sp³-hybridized carbons (Fsp3) is 0.333. The molecule has 30 heavy (non-hydrogen) atoms. The summed E-state index contributed by atoms with van der Waals surface area (Å²) in [6.45, 7) is 8.23. The number of carbonyl (C=O) groups excluding carboxylic acids is 1. The maximum Gasteiger partial charge on any atom is 0.241 e. The summed E-state index contributed by atoms with van der Waals surface area (Å²) in [7, 11) is 0. The van der Waals surface area contributed by atoms with Crippen LogP contribution in [-0.2, 0) is 11.3 Å². The Hall–Kier alpha value is -3.12. The first kappa shape index (κ1) is 21.6. The van der Waals surface area contributed by atoms with Gasteiger partial charge in [-0.2, -0.15) is 5.10 Å². The maximum absolute atomic E-state index is 12.6.